The number of hydrogen-bond donors (Lipinski definition) is 1. The van der Waals surface area contributed by atoms with Crippen LogP contribution in [0.1, 0.15) is 20.3 Å². The molecule has 5 nitrogen and oxygen atoms in total. The molecular formula is C14H21NO4S. The minimum atomic E-state index is -2.90. The summed E-state index contributed by atoms with van der Waals surface area (Å²) in [5.41, 5.74) is 0.792. The van der Waals surface area contributed by atoms with E-state index in [0.717, 1.165) is 17.2 Å². The Labute approximate surface area is 120 Å². The first-order chi connectivity index (χ1) is 9.54. The van der Waals surface area contributed by atoms with Crippen LogP contribution in [0.5, 0.6) is 11.5 Å². The third kappa shape index (κ3) is 3.79. The van der Waals surface area contributed by atoms with Crippen LogP contribution in [0, 0.1) is 0 Å². The Morgan fingerprint density at radius 3 is 2.60 bits per heavy atom. The molecule has 1 aromatic carbocycles. The number of sulfone groups is 1. The smallest absolute Gasteiger partial charge is 0.152 e. The maximum absolute atomic E-state index is 11.5. The van der Waals surface area contributed by atoms with Gasteiger partial charge in [-0.3, -0.25) is 0 Å². The van der Waals surface area contributed by atoms with Crippen molar-refractivity contribution in [3.63, 3.8) is 0 Å². The predicted octanol–water partition coefficient (Wildman–Crippen LogP) is 2.08. The van der Waals surface area contributed by atoms with Crippen LogP contribution in [-0.2, 0) is 9.84 Å². The summed E-state index contributed by atoms with van der Waals surface area (Å²) in [7, 11) is -2.90. The van der Waals surface area contributed by atoms with Crippen molar-refractivity contribution < 1.29 is 17.9 Å². The highest BCUT2D eigenvalue weighted by molar-refractivity contribution is 7.91. The Morgan fingerprint density at radius 1 is 1.25 bits per heavy atom. The largest absolute Gasteiger partial charge is 0.494 e. The van der Waals surface area contributed by atoms with Crippen LogP contribution >= 0.6 is 0 Å². The van der Waals surface area contributed by atoms with Gasteiger partial charge in [-0.25, -0.2) is 8.42 Å². The second-order valence-corrected chi connectivity index (χ2v) is 7.00. The molecule has 1 saturated heterocycles. The standard InChI is InChI=1S/C14H21NO4S/c1-3-18-12-5-6-14(19-4-2)13(9-12)15-11-7-8-20(16,17)10-11/h5-6,9,11,15H,3-4,7-8,10H2,1-2H3. The molecule has 0 saturated carbocycles. The van der Waals surface area contributed by atoms with Gasteiger partial charge in [0.05, 0.1) is 30.4 Å². The Balaban J connectivity index is 2.17. The molecule has 6 heteroatoms. The normalized spacial score (nSPS) is 20.6. The van der Waals surface area contributed by atoms with Gasteiger partial charge in [-0.15, -0.1) is 0 Å². The summed E-state index contributed by atoms with van der Waals surface area (Å²) in [5, 5.41) is 3.26. The summed E-state index contributed by atoms with van der Waals surface area (Å²) in [6.45, 7) is 4.99. The number of ether oxygens (including phenoxy) is 2. The van der Waals surface area contributed by atoms with Crippen molar-refractivity contribution in [3.8, 4) is 11.5 Å². The first kappa shape index (κ1) is 15.0. The molecule has 1 aliphatic rings. The lowest BCUT2D eigenvalue weighted by atomic mass is 10.2. The molecular weight excluding hydrogens is 278 g/mol. The van der Waals surface area contributed by atoms with Crippen molar-refractivity contribution in [1.29, 1.82) is 0 Å². The molecule has 1 heterocycles. The van der Waals surface area contributed by atoms with E-state index in [1.807, 2.05) is 32.0 Å². The molecule has 1 atom stereocenters. The van der Waals surface area contributed by atoms with E-state index >= 15 is 0 Å². The highest BCUT2D eigenvalue weighted by Gasteiger charge is 2.28. The maximum Gasteiger partial charge on any atom is 0.152 e. The lowest BCUT2D eigenvalue weighted by Crippen LogP contribution is -2.21. The monoisotopic (exact) mass is 299 g/mol. The molecule has 0 radical (unpaired) electrons. The average Bonchev–Trinajstić information content (AvgIpc) is 2.72. The first-order valence-electron chi connectivity index (χ1n) is 6.90. The van der Waals surface area contributed by atoms with E-state index in [4.69, 9.17) is 9.47 Å². The van der Waals surface area contributed by atoms with Crippen LogP contribution in [0.4, 0.5) is 5.69 Å². The maximum atomic E-state index is 11.5. The van der Waals surface area contributed by atoms with Gasteiger partial charge < -0.3 is 14.8 Å². The summed E-state index contributed by atoms with van der Waals surface area (Å²) in [4.78, 5) is 0. The Kier molecular flexibility index (Phi) is 4.75. The number of benzene rings is 1. The Bertz CT molecular complexity index is 556. The second kappa shape index (κ2) is 6.35. The fraction of sp³-hybridized carbons (Fsp3) is 0.571. The van der Waals surface area contributed by atoms with Gasteiger partial charge in [0.2, 0.25) is 0 Å². The molecule has 2 rings (SSSR count). The van der Waals surface area contributed by atoms with Gasteiger partial charge in [0, 0.05) is 12.1 Å². The van der Waals surface area contributed by atoms with Crippen molar-refractivity contribution in [1.82, 2.24) is 0 Å². The van der Waals surface area contributed by atoms with Crippen LogP contribution in [-0.4, -0.2) is 39.2 Å². The number of nitrogens with one attached hydrogen (secondary N) is 1. The van der Waals surface area contributed by atoms with Crippen LogP contribution < -0.4 is 14.8 Å². The predicted molar refractivity (Wildman–Crippen MR) is 79.5 cm³/mol. The molecule has 1 fully saturated rings. The van der Waals surface area contributed by atoms with Crippen LogP contribution in [0.2, 0.25) is 0 Å². The number of hydrogen-bond acceptors (Lipinski definition) is 5. The highest BCUT2D eigenvalue weighted by atomic mass is 32.2. The van der Waals surface area contributed by atoms with E-state index in [1.54, 1.807) is 0 Å². The number of rotatable bonds is 6. The van der Waals surface area contributed by atoms with Gasteiger partial charge in [0.15, 0.2) is 9.84 Å². The molecule has 1 aliphatic heterocycles. The lowest BCUT2D eigenvalue weighted by molar-refractivity contribution is 0.331. The summed E-state index contributed by atoms with van der Waals surface area (Å²) in [5.74, 6) is 1.90. The number of anilines is 1. The third-order valence-electron chi connectivity index (χ3n) is 3.15. The van der Waals surface area contributed by atoms with Gasteiger partial charge >= 0.3 is 0 Å². The third-order valence-corrected chi connectivity index (χ3v) is 4.92. The fourth-order valence-electron chi connectivity index (χ4n) is 2.29. The molecule has 0 bridgehead atoms. The van der Waals surface area contributed by atoms with Crippen molar-refractivity contribution >= 4 is 15.5 Å². The molecule has 1 aromatic rings. The van der Waals surface area contributed by atoms with Crippen LogP contribution in [0.3, 0.4) is 0 Å². The van der Waals surface area contributed by atoms with E-state index in [1.165, 1.54) is 0 Å². The summed E-state index contributed by atoms with van der Waals surface area (Å²) in [6, 6.07) is 5.50. The SMILES string of the molecule is CCOc1ccc(OCC)c(NC2CCS(=O)(=O)C2)c1. The van der Waals surface area contributed by atoms with Gasteiger partial charge in [-0.05, 0) is 32.4 Å². The van der Waals surface area contributed by atoms with E-state index in [0.29, 0.717) is 19.6 Å². The van der Waals surface area contributed by atoms with E-state index in [9.17, 15) is 8.42 Å². The zero-order chi connectivity index (χ0) is 14.6. The van der Waals surface area contributed by atoms with Gasteiger partial charge in [0.1, 0.15) is 11.5 Å². The van der Waals surface area contributed by atoms with E-state index in [-0.39, 0.29) is 17.5 Å². The van der Waals surface area contributed by atoms with Crippen LogP contribution in [0.15, 0.2) is 18.2 Å². The van der Waals surface area contributed by atoms with E-state index < -0.39 is 9.84 Å². The molecule has 0 spiro atoms. The molecule has 0 aliphatic carbocycles. The van der Waals surface area contributed by atoms with Crippen molar-refractivity contribution in [2.75, 3.05) is 30.0 Å². The Hall–Kier alpha value is -1.43. The molecule has 20 heavy (non-hydrogen) atoms. The van der Waals surface area contributed by atoms with Crippen molar-refractivity contribution in [2.45, 2.75) is 26.3 Å². The molecule has 0 aromatic heterocycles. The molecule has 0 amide bonds. The highest BCUT2D eigenvalue weighted by Crippen LogP contribution is 2.31. The Morgan fingerprint density at radius 2 is 2.00 bits per heavy atom. The summed E-state index contributed by atoms with van der Waals surface area (Å²) in [6.07, 6.45) is 0.632. The zero-order valence-corrected chi connectivity index (χ0v) is 12.7. The van der Waals surface area contributed by atoms with Gasteiger partial charge in [-0.2, -0.15) is 0 Å². The quantitative estimate of drug-likeness (QED) is 0.871. The molecule has 1 unspecified atom stereocenters. The van der Waals surface area contributed by atoms with Gasteiger partial charge in [-0.1, -0.05) is 0 Å². The second-order valence-electron chi connectivity index (χ2n) is 4.77. The zero-order valence-electron chi connectivity index (χ0n) is 11.9. The fourth-order valence-corrected chi connectivity index (χ4v) is 3.96. The topological polar surface area (TPSA) is 64.6 Å². The van der Waals surface area contributed by atoms with E-state index in [2.05, 4.69) is 5.32 Å². The van der Waals surface area contributed by atoms with Gasteiger partial charge in [0.25, 0.3) is 0 Å². The minimum absolute atomic E-state index is 0.0592. The summed E-state index contributed by atoms with van der Waals surface area (Å²) >= 11 is 0. The van der Waals surface area contributed by atoms with Crippen molar-refractivity contribution in [3.05, 3.63) is 18.2 Å². The lowest BCUT2D eigenvalue weighted by Gasteiger charge is -2.17. The first-order valence-corrected chi connectivity index (χ1v) is 8.73. The summed E-state index contributed by atoms with van der Waals surface area (Å²) < 4.78 is 34.1. The molecule has 1 N–H and O–H groups in total. The van der Waals surface area contributed by atoms with Crippen LogP contribution in [0.25, 0.3) is 0 Å². The van der Waals surface area contributed by atoms with Crippen molar-refractivity contribution in [2.24, 2.45) is 0 Å². The molecule has 112 valence electrons. The minimum Gasteiger partial charge on any atom is -0.494 e. The average molecular weight is 299 g/mol.